The first-order valence-electron chi connectivity index (χ1n) is 7.01. The summed E-state index contributed by atoms with van der Waals surface area (Å²) >= 11 is 0. The summed E-state index contributed by atoms with van der Waals surface area (Å²) in [4.78, 5) is 1.88. The van der Waals surface area contributed by atoms with E-state index in [1.165, 1.54) is 0 Å². The Kier molecular flexibility index (Phi) is 6.15. The molecule has 5 nitrogen and oxygen atoms in total. The lowest BCUT2D eigenvalue weighted by atomic mass is 10.1. The van der Waals surface area contributed by atoms with Crippen LogP contribution < -0.4 is 4.74 Å². The van der Waals surface area contributed by atoms with Gasteiger partial charge in [-0.3, -0.25) is 0 Å². The monoisotopic (exact) mass is 312 g/mol. The van der Waals surface area contributed by atoms with Crippen molar-refractivity contribution < 1.29 is 19.7 Å². The lowest BCUT2D eigenvalue weighted by Crippen LogP contribution is -2.56. The minimum absolute atomic E-state index is 0.125. The maximum Gasteiger partial charge on any atom is 0.170 e. The molecule has 0 spiro atoms. The molecule has 2 N–H and O–H groups in total. The van der Waals surface area contributed by atoms with Crippen molar-refractivity contribution in [3.05, 3.63) is 30.3 Å². The zero-order chi connectivity index (χ0) is 15.2. The second kappa shape index (κ2) is 7.87. The lowest BCUT2D eigenvalue weighted by Gasteiger charge is -2.40. The van der Waals surface area contributed by atoms with Crippen molar-refractivity contribution in [1.29, 1.82) is 0 Å². The number of ether oxygens (including phenoxy) is 2. The fraction of sp³-hybridized carbons (Fsp3) is 0.533. The first kappa shape index (κ1) is 16.4. The van der Waals surface area contributed by atoms with E-state index in [9.17, 15) is 10.2 Å². The highest BCUT2D eigenvalue weighted by Gasteiger charge is 2.38. The van der Waals surface area contributed by atoms with Crippen molar-refractivity contribution in [3.63, 3.8) is 0 Å². The number of rotatable bonds is 6. The van der Waals surface area contributed by atoms with E-state index < -0.39 is 20.1 Å². The number of benzene rings is 1. The van der Waals surface area contributed by atoms with Gasteiger partial charge in [0, 0.05) is 6.42 Å². The van der Waals surface area contributed by atoms with E-state index in [4.69, 9.17) is 9.47 Å². The summed E-state index contributed by atoms with van der Waals surface area (Å²) in [6.45, 7) is 2.62. The molecule has 1 aliphatic rings. The van der Waals surface area contributed by atoms with Gasteiger partial charge in [-0.1, -0.05) is 18.2 Å². The molecule has 1 saturated heterocycles. The van der Waals surface area contributed by atoms with Gasteiger partial charge >= 0.3 is 0 Å². The highest BCUT2D eigenvalue weighted by Crippen LogP contribution is 2.26. The Morgan fingerprint density at radius 2 is 2.10 bits per heavy atom. The van der Waals surface area contributed by atoms with Gasteiger partial charge in [0.05, 0.1) is 39.8 Å². The fourth-order valence-corrected chi connectivity index (χ4v) is 3.33. The Labute approximate surface area is 126 Å². The van der Waals surface area contributed by atoms with E-state index >= 15 is 0 Å². The van der Waals surface area contributed by atoms with Crippen LogP contribution >= 0.6 is 7.55 Å². The van der Waals surface area contributed by atoms with Gasteiger partial charge in [-0.2, -0.15) is 0 Å². The topological polar surface area (TPSA) is 62.2 Å². The van der Waals surface area contributed by atoms with Gasteiger partial charge in [0.1, 0.15) is 12.0 Å². The van der Waals surface area contributed by atoms with E-state index in [2.05, 4.69) is 6.30 Å². The van der Waals surface area contributed by atoms with Crippen molar-refractivity contribution in [2.75, 3.05) is 26.2 Å². The minimum atomic E-state index is -0.900. The van der Waals surface area contributed by atoms with Crippen molar-refractivity contribution >= 4 is 13.8 Å². The van der Waals surface area contributed by atoms with Crippen molar-refractivity contribution in [2.45, 2.75) is 25.0 Å². The average Bonchev–Trinajstić information content (AvgIpc) is 2.46. The predicted octanol–water partition coefficient (Wildman–Crippen LogP) is 1.29. The van der Waals surface area contributed by atoms with Gasteiger partial charge in [-0.25, -0.2) is 4.90 Å². The van der Waals surface area contributed by atoms with Crippen molar-refractivity contribution in [1.82, 2.24) is 4.90 Å². The molecule has 1 aromatic carbocycles. The standard InChI is InChI=1S/C15H23NO4P/c1-21(2)11-16-13(15(18)20-10-14(16)17)8-9-19-12-6-4-3-5-7-12/h3-7,13-15,17-18H,1,8-11H2,2H3/q+1. The summed E-state index contributed by atoms with van der Waals surface area (Å²) < 4.78 is 10.9. The third-order valence-electron chi connectivity index (χ3n) is 3.38. The summed E-state index contributed by atoms with van der Waals surface area (Å²) in [6, 6.07) is 9.27. The molecule has 1 heterocycles. The second-order valence-electron chi connectivity index (χ2n) is 5.23. The van der Waals surface area contributed by atoms with E-state index in [-0.39, 0.29) is 12.6 Å². The normalized spacial score (nSPS) is 27.4. The SMILES string of the molecule is C=[P+](C)CN1C(O)COC(O)C1CCOc1ccccc1. The summed E-state index contributed by atoms with van der Waals surface area (Å²) in [5.41, 5.74) is 0. The van der Waals surface area contributed by atoms with E-state index in [0.717, 1.165) is 5.75 Å². The average molecular weight is 312 g/mol. The Bertz CT molecular complexity index is 456. The molecule has 21 heavy (non-hydrogen) atoms. The number of nitrogens with zero attached hydrogens (tertiary/aromatic N) is 1. The molecule has 0 aromatic heterocycles. The summed E-state index contributed by atoms with van der Waals surface area (Å²) in [7, 11) is -0.446. The van der Waals surface area contributed by atoms with Crippen LogP contribution in [0.15, 0.2) is 30.3 Å². The minimum Gasteiger partial charge on any atom is -0.494 e. The molecule has 6 heteroatoms. The van der Waals surface area contributed by atoms with Crippen molar-refractivity contribution in [2.24, 2.45) is 0 Å². The van der Waals surface area contributed by atoms with E-state index in [0.29, 0.717) is 19.3 Å². The zero-order valence-electron chi connectivity index (χ0n) is 12.3. The van der Waals surface area contributed by atoms with Gasteiger partial charge in [-0.05, 0) is 12.1 Å². The number of morpholine rings is 1. The van der Waals surface area contributed by atoms with Crippen LogP contribution in [0.1, 0.15) is 6.42 Å². The van der Waals surface area contributed by atoms with Crippen molar-refractivity contribution in [3.8, 4) is 5.75 Å². The Morgan fingerprint density at radius 1 is 1.38 bits per heavy atom. The van der Waals surface area contributed by atoms with Crippen LogP contribution in [-0.4, -0.2) is 66.1 Å². The molecule has 0 aliphatic carbocycles. The molecule has 0 bridgehead atoms. The first-order valence-corrected chi connectivity index (χ1v) is 9.17. The number of hydrogen-bond acceptors (Lipinski definition) is 5. The third-order valence-corrected chi connectivity index (χ3v) is 4.19. The number of aliphatic hydroxyl groups excluding tert-OH is 2. The smallest absolute Gasteiger partial charge is 0.170 e. The first-order chi connectivity index (χ1) is 10.1. The zero-order valence-corrected chi connectivity index (χ0v) is 13.2. The largest absolute Gasteiger partial charge is 0.494 e. The maximum atomic E-state index is 10.1. The van der Waals surface area contributed by atoms with Crippen LogP contribution in [0.2, 0.25) is 0 Å². The van der Waals surface area contributed by atoms with Gasteiger partial charge in [-0.15, -0.1) is 0 Å². The summed E-state index contributed by atoms with van der Waals surface area (Å²) in [6.07, 6.45) is 3.67. The van der Waals surface area contributed by atoms with Crippen LogP contribution in [0.3, 0.4) is 0 Å². The quantitative estimate of drug-likeness (QED) is 0.775. The maximum absolute atomic E-state index is 10.1. The Hall–Kier alpha value is -0.970. The van der Waals surface area contributed by atoms with Gasteiger partial charge in [0.25, 0.3) is 0 Å². The number of para-hydroxylation sites is 1. The molecule has 116 valence electrons. The van der Waals surface area contributed by atoms with Crippen LogP contribution in [0.4, 0.5) is 0 Å². The molecule has 0 saturated carbocycles. The Morgan fingerprint density at radius 3 is 2.76 bits per heavy atom. The van der Waals surface area contributed by atoms with Gasteiger partial charge in [0.2, 0.25) is 0 Å². The molecule has 1 fully saturated rings. The molecule has 4 atom stereocenters. The van der Waals surface area contributed by atoms with Gasteiger partial charge < -0.3 is 19.7 Å². The number of hydrogen-bond donors (Lipinski definition) is 2. The van der Waals surface area contributed by atoms with Crippen LogP contribution in [-0.2, 0) is 4.74 Å². The van der Waals surface area contributed by atoms with Crippen LogP contribution in [0, 0.1) is 0 Å². The van der Waals surface area contributed by atoms with Gasteiger partial charge in [0.15, 0.2) is 12.6 Å². The van der Waals surface area contributed by atoms with Crippen LogP contribution in [0.25, 0.3) is 0 Å². The van der Waals surface area contributed by atoms with Crippen LogP contribution in [0.5, 0.6) is 5.75 Å². The summed E-state index contributed by atoms with van der Waals surface area (Å²) in [5, 5.41) is 20.1. The number of aliphatic hydroxyl groups is 2. The molecule has 1 aromatic rings. The molecular weight excluding hydrogens is 289 g/mol. The Balaban J connectivity index is 1.92. The molecule has 1 aliphatic heterocycles. The highest BCUT2D eigenvalue weighted by molar-refractivity contribution is 7.54. The van der Waals surface area contributed by atoms with E-state index in [1.54, 1.807) is 0 Å². The highest BCUT2D eigenvalue weighted by atomic mass is 31.1. The molecule has 0 radical (unpaired) electrons. The fourth-order valence-electron chi connectivity index (χ4n) is 2.38. The molecule has 4 unspecified atom stereocenters. The predicted molar refractivity (Wildman–Crippen MR) is 85.0 cm³/mol. The lowest BCUT2D eigenvalue weighted by molar-refractivity contribution is -0.235. The third kappa shape index (κ3) is 4.77. The summed E-state index contributed by atoms with van der Waals surface area (Å²) in [5.74, 6) is 0.797. The molecule has 2 rings (SSSR count). The second-order valence-corrected chi connectivity index (χ2v) is 7.23. The molecule has 0 amide bonds. The molecular formula is C15H23NO4P+. The van der Waals surface area contributed by atoms with E-state index in [1.807, 2.05) is 41.9 Å².